The van der Waals surface area contributed by atoms with Crippen molar-refractivity contribution in [1.82, 2.24) is 0 Å². The molecule has 0 saturated carbocycles. The number of rotatable bonds is 10. The second-order valence-electron chi connectivity index (χ2n) is 4.75. The number of hydrogen-bond acceptors (Lipinski definition) is 4. The second kappa shape index (κ2) is 9.47. The number of ether oxygens (including phenoxy) is 1. The van der Waals surface area contributed by atoms with Gasteiger partial charge in [-0.05, 0) is 24.8 Å². The van der Waals surface area contributed by atoms with E-state index in [0.717, 1.165) is 5.56 Å². The Kier molecular flexibility index (Phi) is 7.87. The van der Waals surface area contributed by atoms with Crippen LogP contribution in [0.15, 0.2) is 30.3 Å². The number of benzene rings is 1. The van der Waals surface area contributed by atoms with Crippen molar-refractivity contribution in [2.75, 3.05) is 6.61 Å². The van der Waals surface area contributed by atoms with Crippen LogP contribution in [0.3, 0.4) is 0 Å². The fourth-order valence-corrected chi connectivity index (χ4v) is 1.81. The molecule has 112 valence electrons. The van der Waals surface area contributed by atoms with Crippen LogP contribution in [0.5, 0.6) is 0 Å². The van der Waals surface area contributed by atoms with Crippen molar-refractivity contribution >= 4 is 5.97 Å². The minimum absolute atomic E-state index is 0.0708. The molecule has 1 aromatic rings. The number of carbonyl (C=O) groups is 1. The predicted octanol–water partition coefficient (Wildman–Crippen LogP) is 1.57. The number of aliphatic hydroxyl groups excluding tert-OH is 2. The molecule has 2 atom stereocenters. The molecule has 0 heterocycles. The average Bonchev–Trinajstić information content (AvgIpc) is 2.45. The predicted molar refractivity (Wildman–Crippen MR) is 74.2 cm³/mol. The van der Waals surface area contributed by atoms with E-state index in [1.807, 2.05) is 30.3 Å². The van der Waals surface area contributed by atoms with Gasteiger partial charge in [0.15, 0.2) is 0 Å². The van der Waals surface area contributed by atoms with E-state index < -0.39 is 18.2 Å². The van der Waals surface area contributed by atoms with Crippen molar-refractivity contribution in [3.63, 3.8) is 0 Å². The van der Waals surface area contributed by atoms with Gasteiger partial charge in [-0.25, -0.2) is 0 Å². The van der Waals surface area contributed by atoms with Crippen LogP contribution >= 0.6 is 0 Å². The third-order valence-corrected chi connectivity index (χ3v) is 3.00. The molecule has 0 aliphatic carbocycles. The zero-order valence-electron chi connectivity index (χ0n) is 11.4. The third-order valence-electron chi connectivity index (χ3n) is 3.00. The molecule has 0 aromatic heterocycles. The Balaban J connectivity index is 2.06. The van der Waals surface area contributed by atoms with Gasteiger partial charge in [-0.3, -0.25) is 4.79 Å². The largest absolute Gasteiger partial charge is 0.481 e. The summed E-state index contributed by atoms with van der Waals surface area (Å²) < 4.78 is 5.46. The minimum atomic E-state index is -0.986. The summed E-state index contributed by atoms with van der Waals surface area (Å²) in [6.45, 7) is 1.02. The van der Waals surface area contributed by atoms with Crippen LogP contribution in [0.2, 0.25) is 0 Å². The SMILES string of the molecule is O=C(O)CC[C@@H](O)[C@H](O)CCCOCc1ccccc1. The maximum Gasteiger partial charge on any atom is 0.303 e. The maximum absolute atomic E-state index is 10.3. The lowest BCUT2D eigenvalue weighted by Crippen LogP contribution is -2.26. The first kappa shape index (κ1) is 16.6. The number of aliphatic hydroxyl groups is 2. The van der Waals surface area contributed by atoms with E-state index in [1.54, 1.807) is 0 Å². The molecule has 3 N–H and O–H groups in total. The third kappa shape index (κ3) is 7.23. The fourth-order valence-electron chi connectivity index (χ4n) is 1.81. The zero-order chi connectivity index (χ0) is 14.8. The van der Waals surface area contributed by atoms with Crippen LogP contribution in [-0.2, 0) is 16.1 Å². The normalized spacial score (nSPS) is 13.9. The minimum Gasteiger partial charge on any atom is -0.481 e. The van der Waals surface area contributed by atoms with Crippen LogP contribution in [0.25, 0.3) is 0 Å². The fraction of sp³-hybridized carbons (Fsp3) is 0.533. The van der Waals surface area contributed by atoms with E-state index in [4.69, 9.17) is 9.84 Å². The van der Waals surface area contributed by atoms with Crippen LogP contribution < -0.4 is 0 Å². The Morgan fingerprint density at radius 2 is 1.75 bits per heavy atom. The van der Waals surface area contributed by atoms with Crippen molar-refractivity contribution < 1.29 is 24.9 Å². The van der Waals surface area contributed by atoms with Gasteiger partial charge in [-0.15, -0.1) is 0 Å². The van der Waals surface area contributed by atoms with E-state index in [1.165, 1.54) is 0 Å². The van der Waals surface area contributed by atoms with E-state index in [2.05, 4.69) is 0 Å². The lowest BCUT2D eigenvalue weighted by Gasteiger charge is -2.16. The summed E-state index contributed by atoms with van der Waals surface area (Å²) in [5, 5.41) is 27.7. The van der Waals surface area contributed by atoms with Crippen LogP contribution in [0.1, 0.15) is 31.2 Å². The summed E-state index contributed by atoms with van der Waals surface area (Å²) in [4.78, 5) is 10.3. The first-order valence-corrected chi connectivity index (χ1v) is 6.79. The summed E-state index contributed by atoms with van der Waals surface area (Å²) in [6, 6.07) is 9.79. The molecule has 1 aromatic carbocycles. The number of hydrogen-bond donors (Lipinski definition) is 3. The van der Waals surface area contributed by atoms with Crippen molar-refractivity contribution in [2.45, 2.75) is 44.5 Å². The quantitative estimate of drug-likeness (QED) is 0.567. The molecule has 0 radical (unpaired) electrons. The lowest BCUT2D eigenvalue weighted by atomic mass is 10.0. The highest BCUT2D eigenvalue weighted by molar-refractivity contribution is 5.66. The van der Waals surface area contributed by atoms with E-state index in [0.29, 0.717) is 26.1 Å². The van der Waals surface area contributed by atoms with Gasteiger partial charge in [0.05, 0.1) is 18.8 Å². The Morgan fingerprint density at radius 3 is 2.40 bits per heavy atom. The zero-order valence-corrected chi connectivity index (χ0v) is 11.4. The van der Waals surface area contributed by atoms with E-state index in [9.17, 15) is 15.0 Å². The van der Waals surface area contributed by atoms with Gasteiger partial charge in [0.25, 0.3) is 0 Å². The molecule has 0 unspecified atom stereocenters. The lowest BCUT2D eigenvalue weighted by molar-refractivity contribution is -0.138. The molecule has 20 heavy (non-hydrogen) atoms. The molecule has 0 amide bonds. The first-order valence-electron chi connectivity index (χ1n) is 6.79. The molecule has 0 saturated heterocycles. The number of carboxylic acid groups (broad SMARTS) is 1. The Labute approximate surface area is 118 Å². The van der Waals surface area contributed by atoms with Gasteiger partial charge < -0.3 is 20.1 Å². The summed E-state index contributed by atoms with van der Waals surface area (Å²) in [7, 11) is 0. The monoisotopic (exact) mass is 282 g/mol. The Bertz CT molecular complexity index is 379. The molecule has 0 fully saturated rings. The van der Waals surface area contributed by atoms with Crippen molar-refractivity contribution in [3.05, 3.63) is 35.9 Å². The number of carboxylic acids is 1. The second-order valence-corrected chi connectivity index (χ2v) is 4.75. The van der Waals surface area contributed by atoms with E-state index >= 15 is 0 Å². The highest BCUT2D eigenvalue weighted by atomic mass is 16.5. The van der Waals surface area contributed by atoms with Gasteiger partial charge in [-0.1, -0.05) is 30.3 Å². The first-order chi connectivity index (χ1) is 9.59. The standard InChI is InChI=1S/C15H22O5/c16-13(14(17)8-9-15(18)19)7-4-10-20-11-12-5-2-1-3-6-12/h1-3,5-6,13-14,16-17H,4,7-11H2,(H,18,19)/t13-,14-/m1/s1. The summed E-state index contributed by atoms with van der Waals surface area (Å²) in [5.74, 6) is -0.970. The summed E-state index contributed by atoms with van der Waals surface area (Å²) >= 11 is 0. The van der Waals surface area contributed by atoms with Gasteiger partial charge in [0.2, 0.25) is 0 Å². The molecule has 5 nitrogen and oxygen atoms in total. The molecular formula is C15H22O5. The molecule has 1 rings (SSSR count). The molecule has 5 heteroatoms. The average molecular weight is 282 g/mol. The van der Waals surface area contributed by atoms with Crippen LogP contribution in [0, 0.1) is 0 Å². The van der Waals surface area contributed by atoms with Crippen molar-refractivity contribution in [3.8, 4) is 0 Å². The van der Waals surface area contributed by atoms with E-state index in [-0.39, 0.29) is 12.8 Å². The summed E-state index contributed by atoms with van der Waals surface area (Å²) in [5.41, 5.74) is 1.09. The summed E-state index contributed by atoms with van der Waals surface area (Å²) in [6.07, 6.45) is -0.924. The van der Waals surface area contributed by atoms with Crippen LogP contribution in [0.4, 0.5) is 0 Å². The highest BCUT2D eigenvalue weighted by Gasteiger charge is 2.16. The molecule has 0 aliphatic rings. The molecule has 0 bridgehead atoms. The van der Waals surface area contributed by atoms with Gasteiger partial charge >= 0.3 is 5.97 Å². The molecule has 0 aliphatic heterocycles. The van der Waals surface area contributed by atoms with Gasteiger partial charge in [-0.2, -0.15) is 0 Å². The highest BCUT2D eigenvalue weighted by Crippen LogP contribution is 2.09. The van der Waals surface area contributed by atoms with Crippen molar-refractivity contribution in [2.24, 2.45) is 0 Å². The maximum atomic E-state index is 10.3. The van der Waals surface area contributed by atoms with Crippen molar-refractivity contribution in [1.29, 1.82) is 0 Å². The Hall–Kier alpha value is -1.43. The van der Waals surface area contributed by atoms with Gasteiger partial charge in [0, 0.05) is 13.0 Å². The smallest absolute Gasteiger partial charge is 0.303 e. The van der Waals surface area contributed by atoms with Crippen LogP contribution in [-0.4, -0.2) is 40.1 Å². The molecular weight excluding hydrogens is 260 g/mol. The molecule has 0 spiro atoms. The topological polar surface area (TPSA) is 87.0 Å². The number of aliphatic carboxylic acids is 1. The van der Waals surface area contributed by atoms with Gasteiger partial charge in [0.1, 0.15) is 0 Å². The Morgan fingerprint density at radius 1 is 1.10 bits per heavy atom.